The largest absolute Gasteiger partial charge is 0.407 e. The van der Waals surface area contributed by atoms with Crippen LogP contribution in [0.5, 0.6) is 5.75 Å². The van der Waals surface area contributed by atoms with E-state index in [9.17, 15) is 0 Å². The lowest BCUT2D eigenvalue weighted by Crippen LogP contribution is -1.86. The number of hydrogen-bond donors (Lipinski definition) is 0. The van der Waals surface area contributed by atoms with Crippen LogP contribution in [0.4, 0.5) is 0 Å². The summed E-state index contributed by atoms with van der Waals surface area (Å²) in [5.74, 6) is 0.714. The summed E-state index contributed by atoms with van der Waals surface area (Å²) < 4.78 is 5.12. The van der Waals surface area contributed by atoms with E-state index in [2.05, 4.69) is 6.11 Å². The van der Waals surface area contributed by atoms with E-state index in [-0.39, 0.29) is 0 Å². The van der Waals surface area contributed by atoms with Crippen LogP contribution in [0, 0.1) is 12.5 Å². The van der Waals surface area contributed by atoms with Crippen LogP contribution < -0.4 is 4.74 Å². The molecule has 0 fully saturated rings. The van der Waals surface area contributed by atoms with E-state index in [0.717, 1.165) is 11.1 Å². The molecule has 0 amide bonds. The Balaban J connectivity index is 2.49. The van der Waals surface area contributed by atoms with Crippen molar-refractivity contribution in [1.29, 1.82) is 0 Å². The fourth-order valence-corrected chi connectivity index (χ4v) is 1.48. The molecule has 2 rings (SSSR count). The van der Waals surface area contributed by atoms with Gasteiger partial charge in [-0.1, -0.05) is 55.0 Å². The third-order valence-electron chi connectivity index (χ3n) is 2.14. The minimum Gasteiger partial charge on any atom is -0.407 e. The smallest absolute Gasteiger partial charge is 0.148 e. The van der Waals surface area contributed by atoms with E-state index in [1.165, 1.54) is 0 Å². The molecule has 0 heterocycles. The lowest BCUT2D eigenvalue weighted by molar-refractivity contribution is 0.523. The van der Waals surface area contributed by atoms with Gasteiger partial charge in [-0.3, -0.25) is 0 Å². The van der Waals surface area contributed by atoms with Crippen molar-refractivity contribution in [2.45, 2.75) is 0 Å². The van der Waals surface area contributed by atoms with Gasteiger partial charge in [-0.2, -0.15) is 0 Å². The lowest BCUT2D eigenvalue weighted by atomic mass is 10.1. The number of ether oxygens (including phenoxy) is 1. The van der Waals surface area contributed by atoms with Gasteiger partial charge in [0.15, 0.2) is 0 Å². The lowest BCUT2D eigenvalue weighted by Gasteiger charge is -2.06. The zero-order valence-electron chi connectivity index (χ0n) is 8.18. The zero-order chi connectivity index (χ0) is 10.5. The minimum absolute atomic E-state index is 0.714. The Hall–Kier alpha value is -2.20. The van der Waals surface area contributed by atoms with Gasteiger partial charge in [0.25, 0.3) is 0 Å². The first-order valence-corrected chi connectivity index (χ1v) is 4.68. The van der Waals surface area contributed by atoms with Gasteiger partial charge in [-0.15, -0.1) is 0 Å². The molecule has 0 saturated heterocycles. The van der Waals surface area contributed by atoms with E-state index in [4.69, 9.17) is 11.2 Å². The highest BCUT2D eigenvalue weighted by Gasteiger charge is 2.03. The molecule has 2 aromatic carbocycles. The summed E-state index contributed by atoms with van der Waals surface area (Å²) in [7, 11) is 0. The molecule has 0 aliphatic carbocycles. The molecule has 0 unspecified atom stereocenters. The molecule has 15 heavy (non-hydrogen) atoms. The number of hydrogen-bond acceptors (Lipinski definition) is 1. The van der Waals surface area contributed by atoms with Gasteiger partial charge in [-0.25, -0.2) is 0 Å². The van der Waals surface area contributed by atoms with Crippen molar-refractivity contribution in [3.05, 3.63) is 54.6 Å². The number of para-hydroxylation sites is 1. The SMILES string of the molecule is C#COc1ccccc1-c1ccccc1. The quantitative estimate of drug-likeness (QED) is 0.666. The van der Waals surface area contributed by atoms with E-state index in [0.29, 0.717) is 5.75 Å². The van der Waals surface area contributed by atoms with Gasteiger partial charge >= 0.3 is 0 Å². The second-order valence-corrected chi connectivity index (χ2v) is 3.08. The Morgan fingerprint density at radius 1 is 0.867 bits per heavy atom. The van der Waals surface area contributed by atoms with Crippen molar-refractivity contribution in [2.24, 2.45) is 0 Å². The summed E-state index contributed by atoms with van der Waals surface area (Å²) in [6.45, 7) is 0. The van der Waals surface area contributed by atoms with Crippen molar-refractivity contribution in [2.75, 3.05) is 0 Å². The number of benzene rings is 2. The van der Waals surface area contributed by atoms with Crippen LogP contribution in [-0.4, -0.2) is 0 Å². The monoisotopic (exact) mass is 194 g/mol. The van der Waals surface area contributed by atoms with Crippen molar-refractivity contribution >= 4 is 0 Å². The van der Waals surface area contributed by atoms with Crippen LogP contribution in [0.2, 0.25) is 0 Å². The fraction of sp³-hybridized carbons (Fsp3) is 0. The normalized spacial score (nSPS) is 9.27. The van der Waals surface area contributed by atoms with Gasteiger partial charge < -0.3 is 4.74 Å². The molecule has 0 aliphatic heterocycles. The number of rotatable bonds is 2. The molecule has 0 bridgehead atoms. The topological polar surface area (TPSA) is 9.23 Å². The summed E-state index contributed by atoms with van der Waals surface area (Å²) >= 11 is 0. The highest BCUT2D eigenvalue weighted by atomic mass is 16.5. The molecular weight excluding hydrogens is 184 g/mol. The molecule has 0 atom stereocenters. The predicted octanol–water partition coefficient (Wildman–Crippen LogP) is 3.32. The summed E-state index contributed by atoms with van der Waals surface area (Å²) in [5, 5.41) is 0. The van der Waals surface area contributed by atoms with E-state index < -0.39 is 0 Å². The Labute approximate surface area is 89.3 Å². The first kappa shape index (κ1) is 9.36. The van der Waals surface area contributed by atoms with Gasteiger partial charge in [0, 0.05) is 5.56 Å². The molecule has 0 spiro atoms. The van der Waals surface area contributed by atoms with Gasteiger partial charge in [0.1, 0.15) is 11.9 Å². The van der Waals surface area contributed by atoms with Crippen LogP contribution >= 0.6 is 0 Å². The van der Waals surface area contributed by atoms with Crippen LogP contribution in [0.25, 0.3) is 11.1 Å². The van der Waals surface area contributed by atoms with Gasteiger partial charge in [0.2, 0.25) is 0 Å². The molecular formula is C14H10O. The summed E-state index contributed by atoms with van der Waals surface area (Å²) in [5.41, 5.74) is 2.11. The molecule has 1 nitrogen and oxygen atoms in total. The molecule has 0 radical (unpaired) electrons. The summed E-state index contributed by atoms with van der Waals surface area (Å²) in [4.78, 5) is 0. The second kappa shape index (κ2) is 4.34. The molecule has 2 aromatic rings. The van der Waals surface area contributed by atoms with Gasteiger partial charge in [-0.05, 0) is 11.6 Å². The average Bonchev–Trinajstić information content (AvgIpc) is 2.31. The van der Waals surface area contributed by atoms with Crippen molar-refractivity contribution in [3.63, 3.8) is 0 Å². The van der Waals surface area contributed by atoms with Crippen LogP contribution in [0.3, 0.4) is 0 Å². The maximum absolute atomic E-state index is 5.14. The van der Waals surface area contributed by atoms with Crippen LogP contribution in [0.15, 0.2) is 54.6 Å². The summed E-state index contributed by atoms with van der Waals surface area (Å²) in [6, 6.07) is 17.7. The third kappa shape index (κ3) is 2.00. The molecule has 0 saturated carbocycles. The minimum atomic E-state index is 0.714. The fourth-order valence-electron chi connectivity index (χ4n) is 1.48. The highest BCUT2D eigenvalue weighted by Crippen LogP contribution is 2.29. The van der Waals surface area contributed by atoms with Crippen molar-refractivity contribution in [3.8, 4) is 29.4 Å². The number of terminal acetylenes is 1. The predicted molar refractivity (Wildman–Crippen MR) is 61.3 cm³/mol. The molecule has 0 aliphatic rings. The Morgan fingerprint density at radius 3 is 2.27 bits per heavy atom. The molecule has 72 valence electrons. The van der Waals surface area contributed by atoms with E-state index >= 15 is 0 Å². The highest BCUT2D eigenvalue weighted by molar-refractivity contribution is 5.70. The standard InChI is InChI=1S/C14H10O/c1-2-15-14-11-7-6-10-13(14)12-8-4-3-5-9-12/h1,3-11H. The van der Waals surface area contributed by atoms with Crippen molar-refractivity contribution < 1.29 is 4.74 Å². The summed E-state index contributed by atoms with van der Waals surface area (Å²) in [6.07, 6.45) is 7.33. The Bertz CT molecular complexity index is 480. The first-order valence-electron chi connectivity index (χ1n) is 4.68. The zero-order valence-corrected chi connectivity index (χ0v) is 8.18. The molecule has 0 N–H and O–H groups in total. The second-order valence-electron chi connectivity index (χ2n) is 3.08. The molecule has 0 aromatic heterocycles. The van der Waals surface area contributed by atoms with Crippen LogP contribution in [0.1, 0.15) is 0 Å². The average molecular weight is 194 g/mol. The molecule has 1 heteroatoms. The van der Waals surface area contributed by atoms with E-state index in [1.807, 2.05) is 54.6 Å². The Kier molecular flexibility index (Phi) is 2.71. The van der Waals surface area contributed by atoms with Crippen molar-refractivity contribution in [1.82, 2.24) is 0 Å². The maximum atomic E-state index is 5.14. The van der Waals surface area contributed by atoms with E-state index in [1.54, 1.807) is 0 Å². The van der Waals surface area contributed by atoms with Gasteiger partial charge in [0.05, 0.1) is 0 Å². The Morgan fingerprint density at radius 2 is 1.53 bits per heavy atom. The van der Waals surface area contributed by atoms with Crippen LogP contribution in [-0.2, 0) is 0 Å². The third-order valence-corrected chi connectivity index (χ3v) is 2.14. The first-order chi connectivity index (χ1) is 7.42. The maximum Gasteiger partial charge on any atom is 0.148 e.